The molecule has 0 saturated carbocycles. The van der Waals surface area contributed by atoms with Gasteiger partial charge in [-0.15, -0.1) is 0 Å². The summed E-state index contributed by atoms with van der Waals surface area (Å²) in [5.41, 5.74) is 1.30. The second-order valence-electron chi connectivity index (χ2n) is 6.83. The highest BCUT2D eigenvalue weighted by atomic mass is 35.5. The molecule has 0 saturated heterocycles. The van der Waals surface area contributed by atoms with E-state index in [0.717, 1.165) is 5.56 Å². The molecule has 4 rings (SSSR count). The van der Waals surface area contributed by atoms with Crippen LogP contribution >= 0.6 is 23.2 Å². The van der Waals surface area contributed by atoms with Crippen molar-refractivity contribution >= 4 is 46.5 Å². The Kier molecular flexibility index (Phi) is 4.94. The zero-order chi connectivity index (χ0) is 20.6. The van der Waals surface area contributed by atoms with Crippen LogP contribution in [0, 0.1) is 0 Å². The maximum atomic E-state index is 13.2. The van der Waals surface area contributed by atoms with Gasteiger partial charge >= 0.3 is 5.97 Å². The third-order valence-electron chi connectivity index (χ3n) is 4.94. The van der Waals surface area contributed by atoms with Crippen LogP contribution in [-0.2, 0) is 16.8 Å². The number of amides is 1. The summed E-state index contributed by atoms with van der Waals surface area (Å²) in [5.74, 6) is -1.38. The summed E-state index contributed by atoms with van der Waals surface area (Å²) >= 11 is 12.2. The Bertz CT molecular complexity index is 1130. The molecular weight excluding hydrogens is 411 g/mol. The van der Waals surface area contributed by atoms with Crippen LogP contribution in [0.4, 0.5) is 11.4 Å². The molecule has 3 aromatic carbocycles. The molecule has 5 nitrogen and oxygen atoms in total. The first-order valence-electron chi connectivity index (χ1n) is 8.85. The molecule has 0 spiro atoms. The van der Waals surface area contributed by atoms with E-state index in [-0.39, 0.29) is 17.9 Å². The Morgan fingerprint density at radius 2 is 1.76 bits per heavy atom. The van der Waals surface area contributed by atoms with Crippen molar-refractivity contribution in [1.82, 2.24) is 0 Å². The summed E-state index contributed by atoms with van der Waals surface area (Å²) in [6.45, 7) is 0. The minimum atomic E-state index is -1.23. The number of benzene rings is 3. The first-order valence-corrected chi connectivity index (χ1v) is 9.61. The lowest BCUT2D eigenvalue weighted by Gasteiger charge is -2.31. The van der Waals surface area contributed by atoms with Crippen molar-refractivity contribution in [2.45, 2.75) is 12.0 Å². The van der Waals surface area contributed by atoms with Crippen molar-refractivity contribution in [1.29, 1.82) is 0 Å². The van der Waals surface area contributed by atoms with Gasteiger partial charge in [0.1, 0.15) is 5.54 Å². The molecule has 3 N–H and O–H groups in total. The Balaban J connectivity index is 1.87. The third-order valence-corrected chi connectivity index (χ3v) is 5.41. The van der Waals surface area contributed by atoms with Crippen molar-refractivity contribution in [3.63, 3.8) is 0 Å². The third kappa shape index (κ3) is 3.55. The molecule has 1 unspecified atom stereocenters. The van der Waals surface area contributed by atoms with Gasteiger partial charge in [0.15, 0.2) is 0 Å². The smallest absolute Gasteiger partial charge is 0.337 e. The molecule has 0 fully saturated rings. The average molecular weight is 427 g/mol. The predicted molar refractivity (Wildman–Crippen MR) is 114 cm³/mol. The number of nitrogens with one attached hydrogen (secondary N) is 2. The molecule has 0 aromatic heterocycles. The van der Waals surface area contributed by atoms with Crippen LogP contribution in [0.5, 0.6) is 0 Å². The van der Waals surface area contributed by atoms with Crippen LogP contribution in [0.25, 0.3) is 0 Å². The topological polar surface area (TPSA) is 78.4 Å². The zero-order valence-electron chi connectivity index (χ0n) is 15.1. The fourth-order valence-electron chi connectivity index (χ4n) is 3.65. The first kappa shape index (κ1) is 19.3. The lowest BCUT2D eigenvalue weighted by atomic mass is 9.84. The van der Waals surface area contributed by atoms with E-state index < -0.39 is 11.5 Å². The monoisotopic (exact) mass is 426 g/mol. The van der Waals surface area contributed by atoms with Gasteiger partial charge in [0.05, 0.1) is 5.56 Å². The number of para-hydroxylation sites is 1. The number of hydrogen-bond donors (Lipinski definition) is 3. The molecule has 1 aliphatic heterocycles. The molecule has 0 radical (unpaired) electrons. The van der Waals surface area contributed by atoms with E-state index in [1.807, 2.05) is 12.1 Å². The fraction of sp³-hybridized carbons (Fsp3) is 0.0909. The Labute approximate surface area is 177 Å². The van der Waals surface area contributed by atoms with E-state index in [1.165, 1.54) is 6.07 Å². The van der Waals surface area contributed by atoms with Crippen LogP contribution < -0.4 is 10.6 Å². The molecule has 29 heavy (non-hydrogen) atoms. The highest BCUT2D eigenvalue weighted by Crippen LogP contribution is 2.42. The molecule has 7 heteroatoms. The first-order chi connectivity index (χ1) is 13.9. The van der Waals surface area contributed by atoms with Crippen molar-refractivity contribution < 1.29 is 14.7 Å². The van der Waals surface area contributed by atoms with Gasteiger partial charge < -0.3 is 15.7 Å². The van der Waals surface area contributed by atoms with Crippen molar-refractivity contribution in [2.24, 2.45) is 0 Å². The van der Waals surface area contributed by atoms with E-state index in [9.17, 15) is 14.7 Å². The Morgan fingerprint density at radius 1 is 1.00 bits per heavy atom. The molecular formula is C22H16Cl2N2O3. The standard InChI is InChI=1S/C22H16Cl2N2O3/c23-14-5-3-4-13(10-14)12-22(26-18-7-2-1-6-16(18)20(27)28)17-9-8-15(24)11-19(17)25-21(22)29/h1-11,26H,12H2,(H,25,29)(H,27,28). The molecule has 3 aromatic rings. The maximum Gasteiger partial charge on any atom is 0.337 e. The van der Waals surface area contributed by atoms with E-state index in [0.29, 0.717) is 27.0 Å². The minimum Gasteiger partial charge on any atom is -0.478 e. The van der Waals surface area contributed by atoms with Gasteiger partial charge in [-0.3, -0.25) is 4.79 Å². The normalized spacial score (nSPS) is 17.5. The van der Waals surface area contributed by atoms with Gasteiger partial charge in [-0.1, -0.05) is 53.5 Å². The average Bonchev–Trinajstić information content (AvgIpc) is 2.92. The molecule has 1 aliphatic rings. The lowest BCUT2D eigenvalue weighted by molar-refractivity contribution is -0.119. The molecule has 1 atom stereocenters. The Morgan fingerprint density at radius 3 is 2.52 bits per heavy atom. The molecule has 1 heterocycles. The summed E-state index contributed by atoms with van der Waals surface area (Å²) in [7, 11) is 0. The number of carboxylic acids is 1. The number of halogens is 2. The molecule has 1 amide bonds. The van der Waals surface area contributed by atoms with Gasteiger partial charge in [0.2, 0.25) is 0 Å². The highest BCUT2D eigenvalue weighted by molar-refractivity contribution is 6.31. The number of carbonyl (C=O) groups excluding carboxylic acids is 1. The van der Waals surface area contributed by atoms with E-state index >= 15 is 0 Å². The SMILES string of the molecule is O=C(O)c1ccccc1NC1(Cc2cccc(Cl)c2)C(=O)Nc2cc(Cl)ccc21. The number of hydrogen-bond acceptors (Lipinski definition) is 3. The van der Waals surface area contributed by atoms with Crippen LogP contribution in [0.1, 0.15) is 21.5 Å². The van der Waals surface area contributed by atoms with Crippen molar-refractivity contribution in [3.8, 4) is 0 Å². The zero-order valence-corrected chi connectivity index (χ0v) is 16.6. The molecule has 0 aliphatic carbocycles. The summed E-state index contributed by atoms with van der Waals surface area (Å²) < 4.78 is 0. The largest absolute Gasteiger partial charge is 0.478 e. The second-order valence-corrected chi connectivity index (χ2v) is 7.70. The van der Waals surface area contributed by atoms with Crippen LogP contribution in [0.2, 0.25) is 10.0 Å². The molecule has 0 bridgehead atoms. The number of carboxylic acid groups (broad SMARTS) is 1. The lowest BCUT2D eigenvalue weighted by Crippen LogP contribution is -2.44. The number of carbonyl (C=O) groups is 2. The van der Waals surface area contributed by atoms with E-state index in [1.54, 1.807) is 48.5 Å². The number of aromatic carboxylic acids is 1. The number of anilines is 2. The van der Waals surface area contributed by atoms with Crippen LogP contribution in [-0.4, -0.2) is 17.0 Å². The van der Waals surface area contributed by atoms with Gasteiger partial charge in [-0.25, -0.2) is 4.79 Å². The van der Waals surface area contributed by atoms with E-state index in [4.69, 9.17) is 23.2 Å². The van der Waals surface area contributed by atoms with E-state index in [2.05, 4.69) is 10.6 Å². The second kappa shape index (κ2) is 7.43. The maximum absolute atomic E-state index is 13.2. The predicted octanol–water partition coefficient (Wildman–Crippen LogP) is 5.19. The van der Waals surface area contributed by atoms with Crippen molar-refractivity contribution in [2.75, 3.05) is 10.6 Å². The van der Waals surface area contributed by atoms with Crippen LogP contribution in [0.15, 0.2) is 66.7 Å². The molecule has 146 valence electrons. The number of rotatable bonds is 5. The van der Waals surface area contributed by atoms with Crippen LogP contribution in [0.3, 0.4) is 0 Å². The highest BCUT2D eigenvalue weighted by Gasteiger charge is 2.47. The minimum absolute atomic E-state index is 0.0770. The van der Waals surface area contributed by atoms with Gasteiger partial charge in [-0.2, -0.15) is 0 Å². The van der Waals surface area contributed by atoms with Gasteiger partial charge in [0.25, 0.3) is 5.91 Å². The number of fused-ring (bicyclic) bond motifs is 1. The quantitative estimate of drug-likeness (QED) is 0.524. The summed E-state index contributed by atoms with van der Waals surface area (Å²) in [6.07, 6.45) is 0.266. The fourth-order valence-corrected chi connectivity index (χ4v) is 4.03. The summed E-state index contributed by atoms with van der Waals surface area (Å²) in [4.78, 5) is 24.9. The summed E-state index contributed by atoms with van der Waals surface area (Å²) in [5, 5.41) is 16.7. The summed E-state index contributed by atoms with van der Waals surface area (Å²) in [6, 6.07) is 18.9. The van der Waals surface area contributed by atoms with Gasteiger partial charge in [-0.05, 0) is 42.0 Å². The van der Waals surface area contributed by atoms with Crippen molar-refractivity contribution in [3.05, 3.63) is 93.5 Å². The Hall–Kier alpha value is -3.02. The van der Waals surface area contributed by atoms with Gasteiger partial charge in [0, 0.05) is 33.4 Å².